The first-order valence-electron chi connectivity index (χ1n) is 13.0. The maximum Gasteiger partial charge on any atom is 0.169 e. The van der Waals surface area contributed by atoms with Crippen molar-refractivity contribution in [1.29, 1.82) is 0 Å². The molecule has 2 aromatic carbocycles. The van der Waals surface area contributed by atoms with Crippen molar-refractivity contribution in [2.75, 3.05) is 27.1 Å². The Morgan fingerprint density at radius 1 is 0.971 bits per heavy atom. The molecule has 4 fully saturated rings. The number of fused-ring (bicyclic) bond motifs is 4. The van der Waals surface area contributed by atoms with Crippen molar-refractivity contribution >= 4 is 10.8 Å². The Balaban J connectivity index is 1.18. The third kappa shape index (κ3) is 4.29. The van der Waals surface area contributed by atoms with Crippen LogP contribution in [0.2, 0.25) is 0 Å². The second-order valence-corrected chi connectivity index (χ2v) is 10.4. The molecule has 4 aliphatic rings. The second-order valence-electron chi connectivity index (χ2n) is 10.4. The summed E-state index contributed by atoms with van der Waals surface area (Å²) in [7, 11) is 1.69. The van der Waals surface area contributed by atoms with E-state index in [9.17, 15) is 0 Å². The Morgan fingerprint density at radius 3 is 2.65 bits per heavy atom. The lowest BCUT2D eigenvalue weighted by Gasteiger charge is -2.42. The molecule has 5 atom stereocenters. The largest absolute Gasteiger partial charge is 0.375 e. The van der Waals surface area contributed by atoms with Gasteiger partial charge in [-0.2, -0.15) is 0 Å². The summed E-state index contributed by atoms with van der Waals surface area (Å²) in [4.78, 5) is 2.55. The number of piperidine rings is 1. The van der Waals surface area contributed by atoms with E-state index in [0.29, 0.717) is 20.0 Å². The first kappa shape index (κ1) is 22.9. The lowest BCUT2D eigenvalue weighted by atomic mass is 9.94. The van der Waals surface area contributed by atoms with E-state index in [1.165, 1.54) is 35.6 Å². The van der Waals surface area contributed by atoms with Gasteiger partial charge in [-0.05, 0) is 54.6 Å². The van der Waals surface area contributed by atoms with Gasteiger partial charge in [-0.15, -0.1) is 0 Å². The SMILES string of the molecule is COCO[C@@H]1CCCN2[C@H]1[C@@H]1OC3(CCCCC3)O[C@@H]1[C@H]2COCc1ccc2ccccc2c1. The van der Waals surface area contributed by atoms with E-state index in [0.717, 1.165) is 32.2 Å². The first-order valence-corrected chi connectivity index (χ1v) is 13.0. The van der Waals surface area contributed by atoms with Gasteiger partial charge in [0.15, 0.2) is 5.79 Å². The van der Waals surface area contributed by atoms with Gasteiger partial charge in [-0.1, -0.05) is 42.8 Å². The highest BCUT2D eigenvalue weighted by Crippen LogP contribution is 2.49. The van der Waals surface area contributed by atoms with E-state index in [4.69, 9.17) is 23.7 Å². The summed E-state index contributed by atoms with van der Waals surface area (Å²) in [6, 6.07) is 15.4. The molecule has 34 heavy (non-hydrogen) atoms. The van der Waals surface area contributed by atoms with Gasteiger partial charge in [0.2, 0.25) is 0 Å². The highest BCUT2D eigenvalue weighted by atomic mass is 16.8. The number of hydrogen-bond donors (Lipinski definition) is 0. The average molecular weight is 468 g/mol. The van der Waals surface area contributed by atoms with Crippen LogP contribution in [0, 0.1) is 0 Å². The number of benzene rings is 2. The zero-order valence-corrected chi connectivity index (χ0v) is 20.2. The lowest BCUT2D eigenvalue weighted by Crippen LogP contribution is -2.54. The molecule has 1 spiro atoms. The maximum absolute atomic E-state index is 6.80. The number of nitrogens with zero attached hydrogens (tertiary/aromatic N) is 1. The van der Waals surface area contributed by atoms with E-state index < -0.39 is 5.79 Å². The molecule has 0 unspecified atom stereocenters. The fourth-order valence-corrected chi connectivity index (χ4v) is 6.68. The minimum absolute atomic E-state index is 0.0337. The number of ether oxygens (including phenoxy) is 5. The van der Waals surface area contributed by atoms with Crippen LogP contribution in [0.15, 0.2) is 42.5 Å². The lowest BCUT2D eigenvalue weighted by molar-refractivity contribution is -0.223. The van der Waals surface area contributed by atoms with Crippen molar-refractivity contribution in [3.63, 3.8) is 0 Å². The quantitative estimate of drug-likeness (QED) is 0.553. The third-order valence-corrected chi connectivity index (χ3v) is 8.22. The van der Waals surface area contributed by atoms with Crippen molar-refractivity contribution in [3.8, 4) is 0 Å². The van der Waals surface area contributed by atoms with Gasteiger partial charge < -0.3 is 23.7 Å². The molecule has 1 saturated carbocycles. The number of rotatable bonds is 7. The Labute approximate surface area is 202 Å². The molecule has 0 aromatic heterocycles. The van der Waals surface area contributed by atoms with Crippen molar-refractivity contribution in [2.24, 2.45) is 0 Å². The van der Waals surface area contributed by atoms with Gasteiger partial charge >= 0.3 is 0 Å². The monoisotopic (exact) mass is 467 g/mol. The van der Waals surface area contributed by atoms with Crippen LogP contribution in [0.1, 0.15) is 50.5 Å². The van der Waals surface area contributed by atoms with E-state index in [1.807, 2.05) is 0 Å². The minimum atomic E-state index is -0.403. The molecule has 0 bridgehead atoms. The van der Waals surface area contributed by atoms with Crippen molar-refractivity contribution in [3.05, 3.63) is 48.0 Å². The van der Waals surface area contributed by atoms with E-state index in [-0.39, 0.29) is 30.4 Å². The molecule has 184 valence electrons. The Bertz CT molecular complexity index is 976. The summed E-state index contributed by atoms with van der Waals surface area (Å²) >= 11 is 0. The maximum atomic E-state index is 6.80. The summed E-state index contributed by atoms with van der Waals surface area (Å²) in [5.74, 6) is -0.403. The summed E-state index contributed by atoms with van der Waals surface area (Å²) < 4.78 is 31.4. The average Bonchev–Trinajstić information content (AvgIpc) is 3.36. The second kappa shape index (κ2) is 9.84. The zero-order valence-electron chi connectivity index (χ0n) is 20.2. The predicted molar refractivity (Wildman–Crippen MR) is 129 cm³/mol. The molecule has 1 aliphatic carbocycles. The molecule has 0 amide bonds. The highest BCUT2D eigenvalue weighted by molar-refractivity contribution is 5.82. The van der Waals surface area contributed by atoms with Gasteiger partial charge in [0.05, 0.1) is 31.4 Å². The highest BCUT2D eigenvalue weighted by Gasteiger charge is 2.62. The normalized spacial score (nSPS) is 32.8. The molecule has 6 heteroatoms. The summed E-state index contributed by atoms with van der Waals surface area (Å²) in [6.45, 7) is 2.60. The minimum Gasteiger partial charge on any atom is -0.375 e. The predicted octanol–water partition coefficient (Wildman–Crippen LogP) is 4.64. The van der Waals surface area contributed by atoms with E-state index in [2.05, 4.69) is 47.4 Å². The Hall–Kier alpha value is -1.54. The smallest absolute Gasteiger partial charge is 0.169 e. The van der Waals surface area contributed by atoms with E-state index >= 15 is 0 Å². The van der Waals surface area contributed by atoms with Gasteiger partial charge in [0.25, 0.3) is 0 Å². The van der Waals surface area contributed by atoms with Crippen LogP contribution >= 0.6 is 0 Å². The first-order chi connectivity index (χ1) is 16.8. The van der Waals surface area contributed by atoms with Gasteiger partial charge in [0.1, 0.15) is 19.0 Å². The molecular formula is C28H37NO5. The number of hydrogen-bond acceptors (Lipinski definition) is 6. The number of methoxy groups -OCH3 is 1. The van der Waals surface area contributed by atoms with Crippen LogP contribution in [0.4, 0.5) is 0 Å². The topological polar surface area (TPSA) is 49.4 Å². The van der Waals surface area contributed by atoms with Crippen LogP contribution in [-0.4, -0.2) is 68.1 Å². The van der Waals surface area contributed by atoms with Crippen molar-refractivity contribution < 1.29 is 23.7 Å². The van der Waals surface area contributed by atoms with Crippen LogP contribution < -0.4 is 0 Å². The molecular weight excluding hydrogens is 430 g/mol. The molecule has 3 saturated heterocycles. The fraction of sp³-hybridized carbons (Fsp3) is 0.643. The Morgan fingerprint density at radius 2 is 1.79 bits per heavy atom. The summed E-state index contributed by atoms with van der Waals surface area (Å²) in [6.07, 6.45) is 7.96. The molecule has 0 N–H and O–H groups in total. The molecule has 3 heterocycles. The fourth-order valence-electron chi connectivity index (χ4n) is 6.68. The summed E-state index contributed by atoms with van der Waals surface area (Å²) in [5, 5.41) is 2.52. The van der Waals surface area contributed by atoms with Gasteiger partial charge in [-0.3, -0.25) is 4.90 Å². The van der Waals surface area contributed by atoms with Gasteiger partial charge in [-0.25, -0.2) is 0 Å². The van der Waals surface area contributed by atoms with Crippen molar-refractivity contribution in [2.45, 2.75) is 87.7 Å². The molecule has 6 rings (SSSR count). The molecule has 2 aromatic rings. The van der Waals surface area contributed by atoms with Gasteiger partial charge in [0, 0.05) is 20.0 Å². The van der Waals surface area contributed by atoms with Crippen LogP contribution in [0.3, 0.4) is 0 Å². The zero-order chi connectivity index (χ0) is 23.0. The third-order valence-electron chi connectivity index (χ3n) is 8.22. The standard InChI is InChI=1S/C28H37NO5/c1-30-19-32-24-10-7-15-29-23(18-31-17-20-11-12-21-8-3-4-9-22(21)16-20)26-27(25(24)29)34-28(33-26)13-5-2-6-14-28/h3-4,8-9,11-12,16,23-27H,2,5-7,10,13-15,17-19H2,1H3/t23-,24-,25-,26-,27+/m1/s1. The van der Waals surface area contributed by atoms with Crippen LogP contribution in [0.5, 0.6) is 0 Å². The molecule has 6 nitrogen and oxygen atoms in total. The van der Waals surface area contributed by atoms with Crippen molar-refractivity contribution in [1.82, 2.24) is 4.90 Å². The molecule has 3 aliphatic heterocycles. The molecule has 0 radical (unpaired) electrons. The van der Waals surface area contributed by atoms with E-state index in [1.54, 1.807) is 7.11 Å². The van der Waals surface area contributed by atoms with Crippen LogP contribution in [-0.2, 0) is 30.3 Å². The van der Waals surface area contributed by atoms with Crippen LogP contribution in [0.25, 0.3) is 10.8 Å². The Kier molecular flexibility index (Phi) is 6.63. The summed E-state index contributed by atoms with van der Waals surface area (Å²) in [5.41, 5.74) is 1.21.